The van der Waals surface area contributed by atoms with E-state index in [4.69, 9.17) is 5.11 Å². The van der Waals surface area contributed by atoms with Gasteiger partial charge in [-0.15, -0.1) is 0 Å². The highest BCUT2D eigenvalue weighted by Crippen LogP contribution is 2.23. The van der Waals surface area contributed by atoms with Crippen molar-refractivity contribution in [1.29, 1.82) is 0 Å². The van der Waals surface area contributed by atoms with Crippen molar-refractivity contribution in [3.8, 4) is 5.69 Å². The summed E-state index contributed by atoms with van der Waals surface area (Å²) in [7, 11) is 0. The number of carboxylic acid groups (broad SMARTS) is 1. The average Bonchev–Trinajstić information content (AvgIpc) is 3.06. The fourth-order valence-electron chi connectivity index (χ4n) is 3.33. The summed E-state index contributed by atoms with van der Waals surface area (Å²) in [6.07, 6.45) is 7.25. The summed E-state index contributed by atoms with van der Waals surface area (Å²) in [5, 5.41) is 13.2. The summed E-state index contributed by atoms with van der Waals surface area (Å²) in [4.78, 5) is 25.6. The second kappa shape index (κ2) is 7.51. The molecule has 6 heteroatoms. The van der Waals surface area contributed by atoms with Crippen LogP contribution in [0.2, 0.25) is 0 Å². The van der Waals surface area contributed by atoms with Gasteiger partial charge in [0.05, 0.1) is 11.9 Å². The van der Waals surface area contributed by atoms with Crippen LogP contribution in [0, 0.1) is 6.92 Å². The van der Waals surface area contributed by atoms with Crippen molar-refractivity contribution in [2.75, 3.05) is 6.54 Å². The zero-order valence-electron chi connectivity index (χ0n) is 14.4. The number of piperidine rings is 1. The number of amides is 1. The highest BCUT2D eigenvalue weighted by Gasteiger charge is 2.27. The maximum Gasteiger partial charge on any atom is 0.303 e. The van der Waals surface area contributed by atoms with Gasteiger partial charge in [-0.3, -0.25) is 9.59 Å². The SMILES string of the molecule is Cc1cnn(-c2ccc(C(=O)N3CCCC[C@@H]3CCC(=O)O)cc2)c1. The molecule has 1 aliphatic rings. The van der Waals surface area contributed by atoms with E-state index in [2.05, 4.69) is 5.10 Å². The number of benzene rings is 1. The fourth-order valence-corrected chi connectivity index (χ4v) is 3.33. The zero-order valence-corrected chi connectivity index (χ0v) is 14.4. The van der Waals surface area contributed by atoms with Gasteiger partial charge in [-0.2, -0.15) is 5.10 Å². The normalized spacial score (nSPS) is 17.5. The molecule has 2 aromatic rings. The second-order valence-corrected chi connectivity index (χ2v) is 6.59. The van der Waals surface area contributed by atoms with Crippen LogP contribution in [0.25, 0.3) is 5.69 Å². The van der Waals surface area contributed by atoms with Gasteiger partial charge in [0.1, 0.15) is 0 Å². The van der Waals surface area contributed by atoms with Crippen molar-refractivity contribution in [2.45, 2.75) is 45.1 Å². The average molecular weight is 341 g/mol. The number of carbonyl (C=O) groups is 2. The maximum atomic E-state index is 12.9. The molecule has 132 valence electrons. The van der Waals surface area contributed by atoms with Crippen molar-refractivity contribution >= 4 is 11.9 Å². The summed E-state index contributed by atoms with van der Waals surface area (Å²) in [5.74, 6) is -0.824. The molecule has 1 amide bonds. The first-order valence-corrected chi connectivity index (χ1v) is 8.69. The molecule has 2 heterocycles. The Labute approximate surface area is 147 Å². The van der Waals surface area contributed by atoms with Crippen LogP contribution in [-0.4, -0.2) is 44.3 Å². The van der Waals surface area contributed by atoms with Gasteiger partial charge in [-0.05, 0) is 62.4 Å². The molecule has 0 spiro atoms. The predicted molar refractivity (Wildman–Crippen MR) is 93.8 cm³/mol. The Balaban J connectivity index is 1.73. The first-order chi connectivity index (χ1) is 12.0. The van der Waals surface area contributed by atoms with Gasteiger partial charge >= 0.3 is 5.97 Å². The third kappa shape index (κ3) is 4.07. The number of aliphatic carboxylic acids is 1. The van der Waals surface area contributed by atoms with Crippen LogP contribution in [0.1, 0.15) is 48.0 Å². The Morgan fingerprint density at radius 1 is 1.24 bits per heavy atom. The molecule has 1 fully saturated rings. The first-order valence-electron chi connectivity index (χ1n) is 8.69. The summed E-state index contributed by atoms with van der Waals surface area (Å²) >= 11 is 0. The molecule has 0 aliphatic carbocycles. The lowest BCUT2D eigenvalue weighted by Crippen LogP contribution is -2.43. The van der Waals surface area contributed by atoms with Crippen LogP contribution >= 0.6 is 0 Å². The van der Waals surface area contributed by atoms with Gasteiger partial charge in [0.2, 0.25) is 0 Å². The van der Waals surface area contributed by atoms with E-state index >= 15 is 0 Å². The van der Waals surface area contributed by atoms with Crippen LogP contribution in [0.15, 0.2) is 36.7 Å². The molecule has 0 radical (unpaired) electrons. The highest BCUT2D eigenvalue weighted by atomic mass is 16.4. The molecule has 1 aromatic carbocycles. The number of hydrogen-bond donors (Lipinski definition) is 1. The number of hydrogen-bond acceptors (Lipinski definition) is 3. The summed E-state index contributed by atoms with van der Waals surface area (Å²) < 4.78 is 1.78. The largest absolute Gasteiger partial charge is 0.481 e. The second-order valence-electron chi connectivity index (χ2n) is 6.59. The Morgan fingerprint density at radius 3 is 2.64 bits per heavy atom. The van der Waals surface area contributed by atoms with Crippen LogP contribution in [0.4, 0.5) is 0 Å². The molecule has 0 unspecified atom stereocenters. The summed E-state index contributed by atoms with van der Waals surface area (Å²) in [6.45, 7) is 2.68. The molecule has 1 atom stereocenters. The van der Waals surface area contributed by atoms with E-state index in [1.165, 1.54) is 0 Å². The van der Waals surface area contributed by atoms with Crippen LogP contribution < -0.4 is 0 Å². The van der Waals surface area contributed by atoms with E-state index in [9.17, 15) is 9.59 Å². The molecule has 0 saturated carbocycles. The van der Waals surface area contributed by atoms with Gasteiger partial charge in [-0.25, -0.2) is 4.68 Å². The molecular formula is C19H23N3O3. The van der Waals surface area contributed by atoms with Gasteiger partial charge in [-0.1, -0.05) is 0 Å². The van der Waals surface area contributed by atoms with Gasteiger partial charge < -0.3 is 10.0 Å². The lowest BCUT2D eigenvalue weighted by atomic mass is 9.97. The number of rotatable bonds is 5. The Kier molecular flexibility index (Phi) is 5.16. The molecule has 0 bridgehead atoms. The minimum absolute atomic E-state index is 0.0155. The number of carboxylic acids is 1. The quantitative estimate of drug-likeness (QED) is 0.907. The third-order valence-electron chi connectivity index (χ3n) is 4.67. The van der Waals surface area contributed by atoms with E-state index in [0.29, 0.717) is 18.5 Å². The molecule has 6 nitrogen and oxygen atoms in total. The molecule has 3 rings (SSSR count). The minimum Gasteiger partial charge on any atom is -0.481 e. The van der Waals surface area contributed by atoms with Crippen molar-refractivity contribution < 1.29 is 14.7 Å². The van der Waals surface area contributed by atoms with Gasteiger partial charge in [0.25, 0.3) is 5.91 Å². The third-order valence-corrected chi connectivity index (χ3v) is 4.67. The molecule has 1 saturated heterocycles. The van der Waals surface area contributed by atoms with Gasteiger partial charge in [0, 0.05) is 30.8 Å². The summed E-state index contributed by atoms with van der Waals surface area (Å²) in [5.41, 5.74) is 2.62. The number of aryl methyl sites for hydroxylation is 1. The van der Waals surface area contributed by atoms with Crippen molar-refractivity contribution in [2.24, 2.45) is 0 Å². The molecular weight excluding hydrogens is 318 g/mol. The van der Waals surface area contributed by atoms with Crippen LogP contribution in [0.5, 0.6) is 0 Å². The zero-order chi connectivity index (χ0) is 17.8. The molecule has 1 aromatic heterocycles. The van der Waals surface area contributed by atoms with Crippen molar-refractivity contribution in [1.82, 2.24) is 14.7 Å². The van der Waals surface area contributed by atoms with E-state index in [1.54, 1.807) is 10.9 Å². The number of carbonyl (C=O) groups excluding carboxylic acids is 1. The number of likely N-dealkylation sites (tertiary alicyclic amines) is 1. The predicted octanol–water partition coefficient (Wildman–Crippen LogP) is 3.04. The van der Waals surface area contributed by atoms with E-state index in [0.717, 1.165) is 30.5 Å². The Bertz CT molecular complexity index is 752. The summed E-state index contributed by atoms with van der Waals surface area (Å²) in [6, 6.07) is 7.42. The lowest BCUT2D eigenvalue weighted by molar-refractivity contribution is -0.137. The maximum absolute atomic E-state index is 12.9. The van der Waals surface area contributed by atoms with E-state index in [1.807, 2.05) is 42.3 Å². The standard InChI is InChI=1S/C19H23N3O3/c1-14-12-20-22(13-14)17-7-5-15(6-8-17)19(25)21-11-3-2-4-16(21)9-10-18(23)24/h5-8,12-13,16H,2-4,9-11H2,1H3,(H,23,24)/t16-/m1/s1. The lowest BCUT2D eigenvalue weighted by Gasteiger charge is -2.35. The van der Waals surface area contributed by atoms with E-state index in [-0.39, 0.29) is 18.4 Å². The first kappa shape index (κ1) is 17.2. The fraction of sp³-hybridized carbons (Fsp3) is 0.421. The Hall–Kier alpha value is -2.63. The number of aromatic nitrogens is 2. The van der Waals surface area contributed by atoms with Crippen molar-refractivity contribution in [3.05, 3.63) is 47.8 Å². The number of nitrogens with zero attached hydrogens (tertiary/aromatic N) is 3. The molecule has 25 heavy (non-hydrogen) atoms. The van der Waals surface area contributed by atoms with Crippen LogP contribution in [-0.2, 0) is 4.79 Å². The van der Waals surface area contributed by atoms with Crippen molar-refractivity contribution in [3.63, 3.8) is 0 Å². The van der Waals surface area contributed by atoms with E-state index < -0.39 is 5.97 Å². The van der Waals surface area contributed by atoms with Crippen LogP contribution in [0.3, 0.4) is 0 Å². The Morgan fingerprint density at radius 2 is 2.00 bits per heavy atom. The minimum atomic E-state index is -0.808. The van der Waals surface area contributed by atoms with Gasteiger partial charge in [0.15, 0.2) is 0 Å². The topological polar surface area (TPSA) is 75.4 Å². The molecule has 1 N–H and O–H groups in total. The smallest absolute Gasteiger partial charge is 0.303 e. The molecule has 1 aliphatic heterocycles. The highest BCUT2D eigenvalue weighted by molar-refractivity contribution is 5.94. The monoisotopic (exact) mass is 341 g/mol.